The Kier molecular flexibility index (Phi) is 10.2. The number of pyridine rings is 2. The van der Waals surface area contributed by atoms with Crippen LogP contribution in [-0.4, -0.2) is 52.9 Å². The second kappa shape index (κ2) is 14.8. The maximum Gasteiger partial charge on any atom is 0.257 e. The molecule has 0 aliphatic rings. The molecule has 0 unspecified atom stereocenters. The molecule has 0 aliphatic heterocycles. The van der Waals surface area contributed by atoms with Gasteiger partial charge in [0.25, 0.3) is 5.91 Å². The molecule has 12 heteroatoms. The van der Waals surface area contributed by atoms with E-state index >= 15 is 0 Å². The van der Waals surface area contributed by atoms with Gasteiger partial charge in [-0.15, -0.1) is 0 Å². The van der Waals surface area contributed by atoms with Crippen LogP contribution in [0.5, 0.6) is 17.2 Å². The fourth-order valence-corrected chi connectivity index (χ4v) is 4.87. The van der Waals surface area contributed by atoms with Gasteiger partial charge in [0.15, 0.2) is 5.82 Å². The predicted octanol–water partition coefficient (Wildman–Crippen LogP) is 5.05. The van der Waals surface area contributed by atoms with Crippen LogP contribution in [0.2, 0.25) is 0 Å². The number of anilines is 1. The van der Waals surface area contributed by atoms with Gasteiger partial charge >= 0.3 is 0 Å². The van der Waals surface area contributed by atoms with E-state index in [1.54, 1.807) is 67.7 Å². The van der Waals surface area contributed by atoms with Gasteiger partial charge in [-0.2, -0.15) is 9.49 Å². The lowest BCUT2D eigenvalue weighted by molar-refractivity contribution is -0.116. The van der Waals surface area contributed by atoms with Crippen LogP contribution in [0.1, 0.15) is 33.6 Å². The van der Waals surface area contributed by atoms with E-state index in [-0.39, 0.29) is 37.3 Å². The van der Waals surface area contributed by atoms with E-state index in [9.17, 15) is 14.0 Å². The Bertz CT molecular complexity index is 1810. The Balaban J connectivity index is 1.50. The highest BCUT2D eigenvalue weighted by atomic mass is 19.1. The minimum atomic E-state index is -0.621. The number of halogens is 1. The van der Waals surface area contributed by atoms with Gasteiger partial charge in [0.1, 0.15) is 22.8 Å². The molecule has 0 spiro atoms. The fourth-order valence-electron chi connectivity index (χ4n) is 4.87. The third-order valence-corrected chi connectivity index (χ3v) is 7.20. The van der Waals surface area contributed by atoms with Crippen molar-refractivity contribution in [3.8, 4) is 28.5 Å². The van der Waals surface area contributed by atoms with E-state index in [0.29, 0.717) is 34.2 Å². The lowest BCUT2D eigenvalue weighted by Crippen LogP contribution is -2.25. The Hall–Kier alpha value is -5.78. The van der Waals surface area contributed by atoms with E-state index in [0.717, 1.165) is 11.1 Å². The lowest BCUT2D eigenvalue weighted by Gasteiger charge is -2.13. The molecule has 3 aromatic heterocycles. The van der Waals surface area contributed by atoms with Crippen LogP contribution in [0.3, 0.4) is 0 Å². The number of nitrogens with zero attached hydrogens (tertiary/aromatic N) is 4. The van der Waals surface area contributed by atoms with Crippen molar-refractivity contribution in [1.29, 1.82) is 0 Å². The van der Waals surface area contributed by atoms with Crippen LogP contribution in [0, 0.1) is 5.95 Å². The maximum atomic E-state index is 14.0. The average Bonchev–Trinajstić information content (AvgIpc) is 3.43. The standard InChI is InChI=1S/C34H33FN6O5/c1-44-26-11-7-22(8-12-26)21-41-32(23-15-17-36-18-16-23)31(34(43)37-20-24-9-13-27(45-2)19-28(24)46-3)33(40-41)39-30(42)14-10-25-5-4-6-29(35)38-25/h4-9,11-13,15-19H,10,14,20-21H2,1-3H3,(H,37,43)(H,39,40,42). The highest BCUT2D eigenvalue weighted by Crippen LogP contribution is 2.31. The van der Waals surface area contributed by atoms with Gasteiger partial charge < -0.3 is 24.8 Å². The largest absolute Gasteiger partial charge is 0.497 e. The first-order chi connectivity index (χ1) is 22.4. The molecule has 46 heavy (non-hydrogen) atoms. The van der Waals surface area contributed by atoms with Crippen LogP contribution < -0.4 is 24.8 Å². The zero-order chi connectivity index (χ0) is 32.5. The molecule has 2 amide bonds. The summed E-state index contributed by atoms with van der Waals surface area (Å²) in [5.41, 5.74) is 3.38. The van der Waals surface area contributed by atoms with Crippen molar-refractivity contribution in [2.45, 2.75) is 25.9 Å². The molecule has 236 valence electrons. The molecule has 5 rings (SSSR count). The number of nitrogens with one attached hydrogen (secondary N) is 2. The molecule has 0 saturated heterocycles. The number of amides is 2. The van der Waals surface area contributed by atoms with Crippen molar-refractivity contribution in [3.05, 3.63) is 114 Å². The summed E-state index contributed by atoms with van der Waals surface area (Å²) in [5, 5.41) is 10.5. The normalized spacial score (nSPS) is 10.7. The van der Waals surface area contributed by atoms with Gasteiger partial charge in [-0.3, -0.25) is 19.3 Å². The average molecular weight is 625 g/mol. The second-order valence-electron chi connectivity index (χ2n) is 10.2. The second-order valence-corrected chi connectivity index (χ2v) is 10.2. The molecule has 2 aromatic carbocycles. The van der Waals surface area contributed by atoms with Crippen molar-refractivity contribution in [2.24, 2.45) is 0 Å². The number of hydrogen-bond donors (Lipinski definition) is 2. The first-order valence-corrected chi connectivity index (χ1v) is 14.4. The van der Waals surface area contributed by atoms with Crippen molar-refractivity contribution in [3.63, 3.8) is 0 Å². The van der Waals surface area contributed by atoms with Crippen LogP contribution in [0.25, 0.3) is 11.3 Å². The Morgan fingerprint density at radius 1 is 0.891 bits per heavy atom. The van der Waals surface area contributed by atoms with E-state index < -0.39 is 17.8 Å². The van der Waals surface area contributed by atoms with Crippen molar-refractivity contribution < 1.29 is 28.2 Å². The third-order valence-electron chi connectivity index (χ3n) is 7.20. The number of benzene rings is 2. The Morgan fingerprint density at radius 3 is 2.33 bits per heavy atom. The van der Waals surface area contributed by atoms with Crippen molar-refractivity contribution in [2.75, 3.05) is 26.6 Å². The van der Waals surface area contributed by atoms with Gasteiger partial charge in [0.2, 0.25) is 11.9 Å². The quantitative estimate of drug-likeness (QED) is 0.174. The molecule has 3 heterocycles. The lowest BCUT2D eigenvalue weighted by atomic mass is 10.1. The number of carbonyl (C=O) groups excluding carboxylic acids is 2. The SMILES string of the molecule is COc1ccc(Cn2nc(NC(=O)CCc3cccc(F)n3)c(C(=O)NCc3ccc(OC)cc3OC)c2-c2ccncc2)cc1. The summed E-state index contributed by atoms with van der Waals surface area (Å²) < 4.78 is 31.4. The zero-order valence-electron chi connectivity index (χ0n) is 25.6. The molecule has 0 radical (unpaired) electrons. The van der Waals surface area contributed by atoms with Crippen molar-refractivity contribution in [1.82, 2.24) is 25.1 Å². The molecule has 0 saturated carbocycles. The molecule has 0 fully saturated rings. The number of aryl methyl sites for hydroxylation is 1. The van der Waals surface area contributed by atoms with Crippen LogP contribution in [-0.2, 0) is 24.3 Å². The Morgan fingerprint density at radius 2 is 1.63 bits per heavy atom. The monoisotopic (exact) mass is 624 g/mol. The van der Waals surface area contributed by atoms with Gasteiger partial charge in [0.05, 0.1) is 33.6 Å². The molecule has 11 nitrogen and oxygen atoms in total. The summed E-state index contributed by atoms with van der Waals surface area (Å²) in [7, 11) is 4.69. The Labute approximate surface area is 265 Å². The summed E-state index contributed by atoms with van der Waals surface area (Å²) in [5.74, 6) is 0.448. The smallest absolute Gasteiger partial charge is 0.257 e. The zero-order valence-corrected chi connectivity index (χ0v) is 25.6. The predicted molar refractivity (Wildman–Crippen MR) is 169 cm³/mol. The van der Waals surface area contributed by atoms with Gasteiger partial charge in [-0.1, -0.05) is 18.2 Å². The van der Waals surface area contributed by atoms with Gasteiger partial charge in [0, 0.05) is 48.2 Å². The van der Waals surface area contributed by atoms with Gasteiger partial charge in [-0.05, 0) is 60.5 Å². The van der Waals surface area contributed by atoms with Crippen LogP contribution in [0.4, 0.5) is 10.2 Å². The molecular formula is C34H33FN6O5. The third kappa shape index (κ3) is 7.65. The highest BCUT2D eigenvalue weighted by Gasteiger charge is 2.27. The number of rotatable bonds is 13. The first kappa shape index (κ1) is 31.6. The summed E-state index contributed by atoms with van der Waals surface area (Å²) in [6.07, 6.45) is 3.44. The minimum Gasteiger partial charge on any atom is -0.497 e. The summed E-state index contributed by atoms with van der Waals surface area (Å²) in [6.45, 7) is 0.418. The van der Waals surface area contributed by atoms with E-state index in [1.807, 2.05) is 24.3 Å². The molecule has 0 bridgehead atoms. The number of carbonyl (C=O) groups is 2. The molecule has 5 aromatic rings. The van der Waals surface area contributed by atoms with E-state index in [2.05, 4.69) is 20.6 Å². The van der Waals surface area contributed by atoms with E-state index in [1.165, 1.54) is 19.2 Å². The minimum absolute atomic E-state index is 0.00348. The van der Waals surface area contributed by atoms with Crippen LogP contribution in [0.15, 0.2) is 85.2 Å². The first-order valence-electron chi connectivity index (χ1n) is 14.4. The molecule has 0 atom stereocenters. The summed E-state index contributed by atoms with van der Waals surface area (Å²) >= 11 is 0. The van der Waals surface area contributed by atoms with Crippen LogP contribution >= 0.6 is 0 Å². The fraction of sp³-hybridized carbons (Fsp3) is 0.206. The molecule has 0 aliphatic carbocycles. The number of aromatic nitrogens is 4. The highest BCUT2D eigenvalue weighted by molar-refractivity contribution is 6.07. The topological polar surface area (TPSA) is 129 Å². The number of hydrogen-bond acceptors (Lipinski definition) is 8. The summed E-state index contributed by atoms with van der Waals surface area (Å²) in [4.78, 5) is 35.2. The summed E-state index contributed by atoms with van der Waals surface area (Å²) in [6, 6.07) is 20.8. The van der Waals surface area contributed by atoms with E-state index in [4.69, 9.17) is 19.3 Å². The van der Waals surface area contributed by atoms with Gasteiger partial charge in [-0.25, -0.2) is 4.98 Å². The number of methoxy groups -OCH3 is 3. The molecular weight excluding hydrogens is 591 g/mol. The maximum absolute atomic E-state index is 14.0. The number of ether oxygens (including phenoxy) is 3. The molecule has 2 N–H and O–H groups in total. The van der Waals surface area contributed by atoms with Crippen molar-refractivity contribution >= 4 is 17.6 Å².